The first-order valence-electron chi connectivity index (χ1n) is 12.9. The summed E-state index contributed by atoms with van der Waals surface area (Å²) in [7, 11) is -4.18. The molecule has 0 saturated heterocycles. The number of nitrogens with zero attached hydrogens (tertiary/aromatic N) is 2. The summed E-state index contributed by atoms with van der Waals surface area (Å²) in [6.45, 7) is 1.23. The molecule has 0 radical (unpaired) electrons. The lowest BCUT2D eigenvalue weighted by atomic mass is 10.1. The summed E-state index contributed by atoms with van der Waals surface area (Å²) < 4.78 is 29.5. The molecule has 1 unspecified atom stereocenters. The van der Waals surface area contributed by atoms with Crippen molar-refractivity contribution in [2.75, 3.05) is 10.8 Å². The maximum atomic E-state index is 14.0. The van der Waals surface area contributed by atoms with Gasteiger partial charge >= 0.3 is 0 Å². The molecule has 212 valence electrons. The fourth-order valence-electron chi connectivity index (χ4n) is 4.65. The van der Waals surface area contributed by atoms with Crippen molar-refractivity contribution in [3.05, 3.63) is 92.9 Å². The van der Waals surface area contributed by atoms with Gasteiger partial charge in [0.25, 0.3) is 10.0 Å². The molecule has 1 aliphatic rings. The molecule has 3 aromatic rings. The molecule has 2 amide bonds. The van der Waals surface area contributed by atoms with E-state index >= 15 is 0 Å². The van der Waals surface area contributed by atoms with E-state index in [1.807, 2.05) is 24.3 Å². The number of hydrogen-bond acceptors (Lipinski definition) is 4. The van der Waals surface area contributed by atoms with Crippen molar-refractivity contribution in [1.82, 2.24) is 10.2 Å². The van der Waals surface area contributed by atoms with Gasteiger partial charge in [-0.3, -0.25) is 13.9 Å². The Morgan fingerprint density at radius 2 is 1.62 bits per heavy atom. The molecule has 0 bridgehead atoms. The van der Waals surface area contributed by atoms with Crippen molar-refractivity contribution < 1.29 is 18.0 Å². The standard InChI is InChI=1S/C29H30BrCl2N3O4S/c1-20(29(37)33-23-7-5-6-8-23)34(18-21-11-13-22(30)14-12-21)28(36)19-35(24-15-16-26(31)27(32)17-24)40(38,39)25-9-3-2-4-10-25/h2-4,9-17,20,23H,5-8,18-19H2,1H3,(H,33,37). The first-order chi connectivity index (χ1) is 19.1. The van der Waals surface area contributed by atoms with Gasteiger partial charge in [-0.15, -0.1) is 0 Å². The van der Waals surface area contributed by atoms with Gasteiger partial charge in [-0.1, -0.05) is 82.3 Å². The van der Waals surface area contributed by atoms with Crippen LogP contribution in [0.2, 0.25) is 10.0 Å². The van der Waals surface area contributed by atoms with Gasteiger partial charge in [0.1, 0.15) is 12.6 Å². The molecule has 1 atom stereocenters. The predicted octanol–water partition coefficient (Wildman–Crippen LogP) is 6.43. The van der Waals surface area contributed by atoms with E-state index in [2.05, 4.69) is 21.2 Å². The van der Waals surface area contributed by atoms with Crippen LogP contribution in [0.4, 0.5) is 5.69 Å². The predicted molar refractivity (Wildman–Crippen MR) is 162 cm³/mol. The number of sulfonamides is 1. The van der Waals surface area contributed by atoms with Crippen molar-refractivity contribution >= 4 is 66.7 Å². The quantitative estimate of drug-likeness (QED) is 0.270. The summed E-state index contributed by atoms with van der Waals surface area (Å²) in [4.78, 5) is 28.7. The first kappa shape index (κ1) is 30.4. The molecule has 4 rings (SSSR count). The van der Waals surface area contributed by atoms with Crippen LogP contribution in [0.5, 0.6) is 0 Å². The van der Waals surface area contributed by atoms with Crippen LogP contribution in [-0.4, -0.2) is 43.8 Å². The van der Waals surface area contributed by atoms with Gasteiger partial charge in [0.15, 0.2) is 0 Å². The molecule has 0 heterocycles. The van der Waals surface area contributed by atoms with Crippen LogP contribution < -0.4 is 9.62 Å². The van der Waals surface area contributed by atoms with Crippen molar-refractivity contribution in [2.24, 2.45) is 0 Å². The Hall–Kier alpha value is -2.59. The lowest BCUT2D eigenvalue weighted by Crippen LogP contribution is -2.52. The summed E-state index contributed by atoms with van der Waals surface area (Å²) in [5.41, 5.74) is 0.974. The number of carbonyl (C=O) groups excluding carboxylic acids is 2. The molecule has 1 N–H and O–H groups in total. The molecule has 0 spiro atoms. The minimum Gasteiger partial charge on any atom is -0.352 e. The van der Waals surface area contributed by atoms with Gasteiger partial charge in [-0.25, -0.2) is 8.42 Å². The monoisotopic (exact) mass is 665 g/mol. The van der Waals surface area contributed by atoms with E-state index in [1.54, 1.807) is 25.1 Å². The maximum absolute atomic E-state index is 14.0. The average Bonchev–Trinajstić information content (AvgIpc) is 3.46. The van der Waals surface area contributed by atoms with E-state index in [4.69, 9.17) is 23.2 Å². The minimum atomic E-state index is -4.18. The third-order valence-electron chi connectivity index (χ3n) is 6.94. The van der Waals surface area contributed by atoms with Crippen molar-refractivity contribution in [3.63, 3.8) is 0 Å². The molecule has 11 heteroatoms. The molecule has 40 heavy (non-hydrogen) atoms. The molecule has 1 aliphatic carbocycles. The second kappa shape index (κ2) is 13.4. The van der Waals surface area contributed by atoms with Gasteiger partial charge in [-0.2, -0.15) is 0 Å². The first-order valence-corrected chi connectivity index (χ1v) is 15.9. The second-order valence-electron chi connectivity index (χ2n) is 9.74. The average molecular weight is 667 g/mol. The highest BCUT2D eigenvalue weighted by Crippen LogP contribution is 2.31. The van der Waals surface area contributed by atoms with Crippen LogP contribution in [0.15, 0.2) is 82.2 Å². The Balaban J connectivity index is 1.69. The highest BCUT2D eigenvalue weighted by atomic mass is 79.9. The highest BCUT2D eigenvalue weighted by Gasteiger charge is 2.33. The molecule has 7 nitrogen and oxygen atoms in total. The van der Waals surface area contributed by atoms with Crippen LogP contribution in [0.3, 0.4) is 0 Å². The lowest BCUT2D eigenvalue weighted by Gasteiger charge is -2.32. The zero-order valence-electron chi connectivity index (χ0n) is 21.9. The van der Waals surface area contributed by atoms with E-state index < -0.39 is 28.5 Å². The van der Waals surface area contributed by atoms with Crippen molar-refractivity contribution in [3.8, 4) is 0 Å². The van der Waals surface area contributed by atoms with Crippen LogP contribution in [0, 0.1) is 0 Å². The molecule has 1 fully saturated rings. The van der Waals surface area contributed by atoms with Crippen LogP contribution >= 0.6 is 39.1 Å². The molecular formula is C29H30BrCl2N3O4S. The van der Waals surface area contributed by atoms with E-state index in [0.717, 1.165) is 40.0 Å². The number of rotatable bonds is 10. The van der Waals surface area contributed by atoms with Crippen molar-refractivity contribution in [2.45, 2.75) is 56.1 Å². The summed E-state index contributed by atoms with van der Waals surface area (Å²) in [6, 6.07) is 18.9. The van der Waals surface area contributed by atoms with E-state index in [1.165, 1.54) is 35.2 Å². The van der Waals surface area contributed by atoms with Crippen LogP contribution in [0.1, 0.15) is 38.2 Å². The number of carbonyl (C=O) groups is 2. The van der Waals surface area contributed by atoms with Gasteiger partial charge in [0.05, 0.1) is 20.6 Å². The van der Waals surface area contributed by atoms with Crippen molar-refractivity contribution in [1.29, 1.82) is 0 Å². The molecule has 1 saturated carbocycles. The number of benzene rings is 3. The zero-order chi connectivity index (χ0) is 28.9. The second-order valence-corrected chi connectivity index (χ2v) is 13.3. The minimum absolute atomic E-state index is 0.0142. The summed E-state index contributed by atoms with van der Waals surface area (Å²) in [5.74, 6) is -0.813. The number of halogens is 3. The summed E-state index contributed by atoms with van der Waals surface area (Å²) in [5, 5.41) is 3.46. The van der Waals surface area contributed by atoms with E-state index in [9.17, 15) is 18.0 Å². The molecule has 0 aliphatic heterocycles. The van der Waals surface area contributed by atoms with E-state index in [-0.39, 0.29) is 39.1 Å². The van der Waals surface area contributed by atoms with Gasteiger partial charge in [0, 0.05) is 17.1 Å². The fourth-order valence-corrected chi connectivity index (χ4v) is 6.63. The SMILES string of the molecule is CC(C(=O)NC1CCCC1)N(Cc1ccc(Br)cc1)C(=O)CN(c1ccc(Cl)c(Cl)c1)S(=O)(=O)c1ccccc1. The summed E-state index contributed by atoms with van der Waals surface area (Å²) in [6.07, 6.45) is 3.91. The fraction of sp³-hybridized carbons (Fsp3) is 0.310. The third kappa shape index (κ3) is 7.37. The smallest absolute Gasteiger partial charge is 0.264 e. The maximum Gasteiger partial charge on any atom is 0.264 e. The molecular weight excluding hydrogens is 637 g/mol. The van der Waals surface area contributed by atoms with Gasteiger partial charge < -0.3 is 10.2 Å². The Bertz CT molecular complexity index is 1450. The Morgan fingerprint density at radius 3 is 2.25 bits per heavy atom. The summed E-state index contributed by atoms with van der Waals surface area (Å²) >= 11 is 15.8. The highest BCUT2D eigenvalue weighted by molar-refractivity contribution is 9.10. The number of hydrogen-bond donors (Lipinski definition) is 1. The number of anilines is 1. The lowest BCUT2D eigenvalue weighted by molar-refractivity contribution is -0.139. The number of amides is 2. The van der Waals surface area contributed by atoms with Gasteiger partial charge in [-0.05, 0) is 67.8 Å². The Morgan fingerprint density at radius 1 is 0.975 bits per heavy atom. The largest absolute Gasteiger partial charge is 0.352 e. The molecule has 0 aromatic heterocycles. The zero-order valence-corrected chi connectivity index (χ0v) is 25.8. The topological polar surface area (TPSA) is 86.8 Å². The Labute approximate surface area is 253 Å². The third-order valence-corrected chi connectivity index (χ3v) is 9.99. The number of nitrogens with one attached hydrogen (secondary N) is 1. The van der Waals surface area contributed by atoms with E-state index in [0.29, 0.717) is 0 Å². The van der Waals surface area contributed by atoms with Crippen LogP contribution in [0.25, 0.3) is 0 Å². The normalized spacial score (nSPS) is 14.5. The Kier molecular flexibility index (Phi) is 10.2. The molecule has 3 aromatic carbocycles. The van der Waals surface area contributed by atoms with Gasteiger partial charge in [0.2, 0.25) is 11.8 Å². The van der Waals surface area contributed by atoms with Crippen LogP contribution in [-0.2, 0) is 26.2 Å².